The van der Waals surface area contributed by atoms with E-state index in [-0.39, 0.29) is 0 Å². The number of benzene rings is 1. The third-order valence-electron chi connectivity index (χ3n) is 1.88. The van der Waals surface area contributed by atoms with Crippen LogP contribution in [0.4, 0.5) is 0 Å². The molecule has 0 atom stereocenters. The van der Waals surface area contributed by atoms with Crippen LogP contribution >= 0.6 is 47.0 Å². The quantitative estimate of drug-likeness (QED) is 0.660. The standard InChI is InChI=1S/C8H6S4/c1-2-6-8(12-4-10-6)7-5(1)9-3-11-7/h1-2H,3-4H2. The highest BCUT2D eigenvalue weighted by molar-refractivity contribution is 8.20. The van der Waals surface area contributed by atoms with Gasteiger partial charge in [0.1, 0.15) is 0 Å². The van der Waals surface area contributed by atoms with Crippen molar-refractivity contribution in [3.8, 4) is 0 Å². The summed E-state index contributed by atoms with van der Waals surface area (Å²) >= 11 is 7.95. The van der Waals surface area contributed by atoms with Gasteiger partial charge >= 0.3 is 0 Å². The predicted octanol–water partition coefficient (Wildman–Crippen LogP) is 4.00. The van der Waals surface area contributed by atoms with Crippen LogP contribution in [0, 0.1) is 0 Å². The number of rotatable bonds is 0. The Balaban J connectivity index is 2.24. The van der Waals surface area contributed by atoms with Crippen LogP contribution in [0.2, 0.25) is 0 Å². The summed E-state index contributed by atoms with van der Waals surface area (Å²) in [6, 6.07) is 4.55. The lowest BCUT2D eigenvalue weighted by Crippen LogP contribution is -1.76. The highest BCUT2D eigenvalue weighted by Gasteiger charge is 2.22. The number of thioether (sulfide) groups is 4. The van der Waals surface area contributed by atoms with E-state index in [9.17, 15) is 0 Å². The van der Waals surface area contributed by atoms with Crippen LogP contribution in [0.5, 0.6) is 0 Å². The second kappa shape index (κ2) is 3.08. The van der Waals surface area contributed by atoms with Crippen LogP contribution in [-0.4, -0.2) is 10.2 Å². The van der Waals surface area contributed by atoms with Crippen LogP contribution < -0.4 is 0 Å². The molecule has 3 rings (SSSR count). The predicted molar refractivity (Wildman–Crippen MR) is 59.6 cm³/mol. The van der Waals surface area contributed by atoms with Crippen LogP contribution in [0.25, 0.3) is 0 Å². The molecule has 0 nitrogen and oxygen atoms in total. The topological polar surface area (TPSA) is 0 Å². The maximum atomic E-state index is 2.28. The zero-order valence-electron chi connectivity index (χ0n) is 6.20. The lowest BCUT2D eigenvalue weighted by atomic mass is 10.3. The lowest BCUT2D eigenvalue weighted by molar-refractivity contribution is 1.05. The molecule has 0 radical (unpaired) electrons. The monoisotopic (exact) mass is 230 g/mol. The minimum atomic E-state index is 1.21. The number of hydrogen-bond donors (Lipinski definition) is 0. The Morgan fingerprint density at radius 3 is 1.75 bits per heavy atom. The third-order valence-corrected chi connectivity index (χ3v) is 6.88. The molecule has 0 aliphatic carbocycles. The fraction of sp³-hybridized carbons (Fsp3) is 0.250. The van der Waals surface area contributed by atoms with Crippen LogP contribution in [0.15, 0.2) is 31.7 Å². The molecule has 0 bridgehead atoms. The molecule has 1 aromatic rings. The molecule has 4 heteroatoms. The molecule has 0 N–H and O–H groups in total. The normalized spacial score (nSPS) is 19.3. The molecule has 0 amide bonds. The molecule has 0 unspecified atom stereocenters. The fourth-order valence-corrected chi connectivity index (χ4v) is 6.65. The van der Waals surface area contributed by atoms with Crippen molar-refractivity contribution in [1.29, 1.82) is 0 Å². The molecule has 62 valence electrons. The molecular formula is C8H6S4. The second-order valence-corrected chi connectivity index (χ2v) is 7.27. The average Bonchev–Trinajstić information content (AvgIpc) is 2.71. The van der Waals surface area contributed by atoms with Gasteiger partial charge in [0.2, 0.25) is 0 Å². The van der Waals surface area contributed by atoms with E-state index in [2.05, 4.69) is 12.1 Å². The fourth-order valence-electron chi connectivity index (χ4n) is 1.33. The van der Waals surface area contributed by atoms with Gasteiger partial charge in [0, 0.05) is 29.8 Å². The zero-order chi connectivity index (χ0) is 7.97. The third kappa shape index (κ3) is 1.12. The average molecular weight is 230 g/mol. The minimum absolute atomic E-state index is 1.21. The Hall–Kier alpha value is 0.620. The number of hydrogen-bond acceptors (Lipinski definition) is 4. The first-order valence-corrected chi connectivity index (χ1v) is 7.57. The maximum Gasteiger partial charge on any atom is 0.0487 e. The lowest BCUT2D eigenvalue weighted by Gasteiger charge is -2.02. The molecule has 12 heavy (non-hydrogen) atoms. The van der Waals surface area contributed by atoms with Gasteiger partial charge in [0.25, 0.3) is 0 Å². The second-order valence-electron chi connectivity index (χ2n) is 2.53. The van der Waals surface area contributed by atoms with Crippen molar-refractivity contribution < 1.29 is 0 Å². The Labute approximate surface area is 88.6 Å². The van der Waals surface area contributed by atoms with Crippen molar-refractivity contribution in [2.45, 2.75) is 19.6 Å². The van der Waals surface area contributed by atoms with E-state index in [1.807, 2.05) is 47.0 Å². The summed E-state index contributed by atoms with van der Waals surface area (Å²) in [7, 11) is 0. The molecular weight excluding hydrogens is 224 g/mol. The van der Waals surface area contributed by atoms with Gasteiger partial charge in [0.05, 0.1) is 0 Å². The Morgan fingerprint density at radius 2 is 1.25 bits per heavy atom. The first kappa shape index (κ1) is 7.97. The van der Waals surface area contributed by atoms with Crippen molar-refractivity contribution in [3.63, 3.8) is 0 Å². The van der Waals surface area contributed by atoms with E-state index in [0.29, 0.717) is 0 Å². The molecule has 0 aromatic heterocycles. The van der Waals surface area contributed by atoms with Gasteiger partial charge in [-0.05, 0) is 12.1 Å². The summed E-state index contributed by atoms with van der Waals surface area (Å²) in [5.41, 5.74) is 0. The van der Waals surface area contributed by atoms with Gasteiger partial charge in [-0.2, -0.15) is 0 Å². The van der Waals surface area contributed by atoms with Gasteiger partial charge in [-0.1, -0.05) is 0 Å². The van der Waals surface area contributed by atoms with Gasteiger partial charge in [-0.15, -0.1) is 47.0 Å². The van der Waals surface area contributed by atoms with Gasteiger partial charge in [-0.25, -0.2) is 0 Å². The largest absolute Gasteiger partial charge is 0.114 e. The first-order chi connectivity index (χ1) is 5.95. The summed E-state index contributed by atoms with van der Waals surface area (Å²) < 4.78 is 0. The first-order valence-electron chi connectivity index (χ1n) is 3.63. The molecule has 0 fully saturated rings. The van der Waals surface area contributed by atoms with Crippen molar-refractivity contribution in [1.82, 2.24) is 0 Å². The van der Waals surface area contributed by atoms with Crippen molar-refractivity contribution in [3.05, 3.63) is 12.1 Å². The molecule has 0 spiro atoms. The SMILES string of the molecule is c1cc2c(c3c1SCS3)SCS2. The Bertz CT molecular complexity index is 301. The molecule has 2 aliphatic heterocycles. The zero-order valence-corrected chi connectivity index (χ0v) is 9.47. The maximum absolute atomic E-state index is 2.28. The Kier molecular flexibility index (Phi) is 2.05. The van der Waals surface area contributed by atoms with E-state index in [4.69, 9.17) is 0 Å². The van der Waals surface area contributed by atoms with E-state index in [1.54, 1.807) is 9.79 Å². The van der Waals surface area contributed by atoms with Crippen molar-refractivity contribution in [2.75, 3.05) is 10.2 Å². The molecule has 2 aliphatic rings. The van der Waals surface area contributed by atoms with Gasteiger partial charge in [-0.3, -0.25) is 0 Å². The summed E-state index contributed by atoms with van der Waals surface area (Å²) in [4.78, 5) is 6.09. The molecule has 1 aromatic carbocycles. The molecule has 0 saturated heterocycles. The van der Waals surface area contributed by atoms with Crippen LogP contribution in [0.1, 0.15) is 0 Å². The number of fused-ring (bicyclic) bond motifs is 3. The highest BCUT2D eigenvalue weighted by Crippen LogP contribution is 2.53. The van der Waals surface area contributed by atoms with E-state index < -0.39 is 0 Å². The van der Waals surface area contributed by atoms with Crippen molar-refractivity contribution in [2.24, 2.45) is 0 Å². The molecule has 2 heterocycles. The summed E-state index contributed by atoms with van der Waals surface area (Å²) in [5.74, 6) is 0. The van der Waals surface area contributed by atoms with E-state index >= 15 is 0 Å². The Morgan fingerprint density at radius 1 is 0.750 bits per heavy atom. The summed E-state index contributed by atoms with van der Waals surface area (Å²) in [6.45, 7) is 0. The summed E-state index contributed by atoms with van der Waals surface area (Å²) in [5, 5.41) is 2.41. The summed E-state index contributed by atoms with van der Waals surface area (Å²) in [6.07, 6.45) is 0. The highest BCUT2D eigenvalue weighted by atomic mass is 32.2. The van der Waals surface area contributed by atoms with E-state index in [1.165, 1.54) is 20.0 Å². The van der Waals surface area contributed by atoms with Gasteiger partial charge < -0.3 is 0 Å². The molecule has 0 saturated carbocycles. The van der Waals surface area contributed by atoms with E-state index in [0.717, 1.165) is 0 Å². The van der Waals surface area contributed by atoms with Crippen LogP contribution in [0.3, 0.4) is 0 Å². The van der Waals surface area contributed by atoms with Crippen LogP contribution in [-0.2, 0) is 0 Å². The van der Waals surface area contributed by atoms with Crippen molar-refractivity contribution >= 4 is 47.0 Å². The smallest absolute Gasteiger partial charge is 0.0487 e. The minimum Gasteiger partial charge on any atom is -0.114 e. The van der Waals surface area contributed by atoms with Gasteiger partial charge in [0.15, 0.2) is 0 Å².